The van der Waals surface area contributed by atoms with E-state index in [2.05, 4.69) is 20.6 Å². The summed E-state index contributed by atoms with van der Waals surface area (Å²) in [5.74, 6) is -0.609. The molecule has 0 saturated carbocycles. The van der Waals surface area contributed by atoms with Crippen LogP contribution in [-0.2, 0) is 19.0 Å². The van der Waals surface area contributed by atoms with Crippen molar-refractivity contribution in [1.29, 1.82) is 0 Å². The van der Waals surface area contributed by atoms with Gasteiger partial charge in [-0.2, -0.15) is 0 Å². The van der Waals surface area contributed by atoms with Gasteiger partial charge in [-0.25, -0.2) is 28.9 Å². The molecule has 1 unspecified atom stereocenters. The molecule has 48 heavy (non-hydrogen) atoms. The van der Waals surface area contributed by atoms with Crippen LogP contribution >= 0.6 is 0 Å². The number of alkyl carbamates (subject to hydrolysis) is 1. The molecule has 0 radical (unpaired) electrons. The standard InChI is InChI=1S/C36H43N5O7/c1-21(39-32(44)47-35(5,6)7)30(42)40-28-16-15-24(18-37-28)25-17-26-27(20-41(29(26)38-19-25)33(45)48-36(8,9)10)22-11-13-23(14-12-22)31(43)46-34(2,3)4/h11-21H,1-10H3,(H,39,44)(H,37,40,42). The third-order valence-electron chi connectivity index (χ3n) is 6.54. The molecule has 0 bridgehead atoms. The Hall–Kier alpha value is -5.26. The number of carbonyl (C=O) groups excluding carboxylic acids is 4. The molecule has 0 spiro atoms. The smallest absolute Gasteiger partial charge is 0.420 e. The summed E-state index contributed by atoms with van der Waals surface area (Å²) in [5, 5.41) is 5.86. The lowest BCUT2D eigenvalue weighted by atomic mass is 10.0. The number of pyridine rings is 2. The summed E-state index contributed by atoms with van der Waals surface area (Å²) < 4.78 is 17.7. The van der Waals surface area contributed by atoms with Crippen LogP contribution in [0.1, 0.15) is 79.6 Å². The predicted molar refractivity (Wildman–Crippen MR) is 183 cm³/mol. The van der Waals surface area contributed by atoms with Gasteiger partial charge in [0.05, 0.1) is 5.56 Å². The Balaban J connectivity index is 1.63. The van der Waals surface area contributed by atoms with Crippen molar-refractivity contribution in [2.24, 2.45) is 0 Å². The van der Waals surface area contributed by atoms with Crippen molar-refractivity contribution in [3.05, 3.63) is 66.6 Å². The van der Waals surface area contributed by atoms with Gasteiger partial charge in [0.2, 0.25) is 5.91 Å². The van der Waals surface area contributed by atoms with E-state index in [4.69, 9.17) is 14.2 Å². The summed E-state index contributed by atoms with van der Waals surface area (Å²) in [5.41, 5.74) is 1.60. The predicted octanol–water partition coefficient (Wildman–Crippen LogP) is 7.36. The number of nitrogens with zero attached hydrogens (tertiary/aromatic N) is 3. The first-order valence-corrected chi connectivity index (χ1v) is 15.5. The van der Waals surface area contributed by atoms with Crippen molar-refractivity contribution in [2.75, 3.05) is 5.32 Å². The molecule has 0 saturated heterocycles. The summed E-state index contributed by atoms with van der Waals surface area (Å²) >= 11 is 0. The van der Waals surface area contributed by atoms with E-state index in [1.807, 2.05) is 26.8 Å². The average Bonchev–Trinajstić information content (AvgIpc) is 3.34. The van der Waals surface area contributed by atoms with Gasteiger partial charge < -0.3 is 24.8 Å². The van der Waals surface area contributed by atoms with Crippen LogP contribution < -0.4 is 10.6 Å². The highest BCUT2D eigenvalue weighted by Gasteiger charge is 2.24. The fraction of sp³-hybridized carbons (Fsp3) is 0.389. The molecule has 12 heteroatoms. The molecular formula is C36H43N5O7. The monoisotopic (exact) mass is 657 g/mol. The van der Waals surface area contributed by atoms with E-state index in [1.54, 1.807) is 103 Å². The molecule has 3 heterocycles. The quantitative estimate of drug-likeness (QED) is 0.160. The van der Waals surface area contributed by atoms with Crippen LogP contribution in [0.25, 0.3) is 33.3 Å². The second-order valence-electron chi connectivity index (χ2n) is 14.4. The molecule has 0 aliphatic carbocycles. The zero-order valence-electron chi connectivity index (χ0n) is 29.1. The maximum Gasteiger partial charge on any atom is 0.420 e. The first-order chi connectivity index (χ1) is 22.2. The normalized spacial score (nSPS) is 12.6. The number of fused-ring (bicyclic) bond motifs is 1. The summed E-state index contributed by atoms with van der Waals surface area (Å²) in [7, 11) is 0. The fourth-order valence-corrected chi connectivity index (χ4v) is 4.49. The number of amides is 2. The van der Waals surface area contributed by atoms with E-state index in [1.165, 1.54) is 4.57 Å². The number of hydrogen-bond acceptors (Lipinski definition) is 9. The van der Waals surface area contributed by atoms with E-state index in [-0.39, 0.29) is 5.82 Å². The molecule has 1 aromatic carbocycles. The molecule has 1 atom stereocenters. The summed E-state index contributed by atoms with van der Waals surface area (Å²) in [4.78, 5) is 59.5. The van der Waals surface area contributed by atoms with Crippen LogP contribution in [0.5, 0.6) is 0 Å². The molecule has 0 aliphatic heterocycles. The summed E-state index contributed by atoms with van der Waals surface area (Å²) in [6, 6.07) is 11.4. The van der Waals surface area contributed by atoms with Crippen molar-refractivity contribution in [2.45, 2.75) is 92.1 Å². The highest BCUT2D eigenvalue weighted by Crippen LogP contribution is 2.34. The molecule has 0 fully saturated rings. The van der Waals surface area contributed by atoms with Crippen molar-refractivity contribution in [1.82, 2.24) is 19.9 Å². The molecule has 4 aromatic rings. The lowest BCUT2D eigenvalue weighted by molar-refractivity contribution is -0.117. The van der Waals surface area contributed by atoms with Crippen LogP contribution in [0.15, 0.2) is 61.1 Å². The highest BCUT2D eigenvalue weighted by atomic mass is 16.6. The minimum atomic E-state index is -0.862. The molecular weight excluding hydrogens is 614 g/mol. The Morgan fingerprint density at radius 3 is 1.88 bits per heavy atom. The number of anilines is 1. The Bertz CT molecular complexity index is 1820. The lowest BCUT2D eigenvalue weighted by Gasteiger charge is -2.21. The van der Waals surface area contributed by atoms with Crippen LogP contribution in [0.3, 0.4) is 0 Å². The second-order valence-corrected chi connectivity index (χ2v) is 14.4. The molecule has 254 valence electrons. The minimum Gasteiger partial charge on any atom is -0.456 e. The molecule has 12 nitrogen and oxygen atoms in total. The topological polar surface area (TPSA) is 151 Å². The first-order valence-electron chi connectivity index (χ1n) is 15.5. The number of aromatic nitrogens is 3. The van der Waals surface area contributed by atoms with E-state index in [0.29, 0.717) is 33.3 Å². The van der Waals surface area contributed by atoms with Crippen molar-refractivity contribution < 1.29 is 33.4 Å². The average molecular weight is 658 g/mol. The van der Waals surface area contributed by atoms with Gasteiger partial charge in [0, 0.05) is 40.7 Å². The number of carbonyl (C=O) groups is 4. The van der Waals surface area contributed by atoms with Gasteiger partial charge in [-0.05, 0) is 105 Å². The number of esters is 1. The zero-order valence-corrected chi connectivity index (χ0v) is 29.1. The Morgan fingerprint density at radius 1 is 0.729 bits per heavy atom. The molecule has 3 aromatic heterocycles. The zero-order chi connectivity index (χ0) is 35.6. The number of rotatable bonds is 6. The van der Waals surface area contributed by atoms with E-state index in [9.17, 15) is 19.2 Å². The Labute approximate surface area is 280 Å². The van der Waals surface area contributed by atoms with Crippen molar-refractivity contribution >= 4 is 40.9 Å². The molecule has 4 rings (SSSR count). The van der Waals surface area contributed by atoms with Crippen molar-refractivity contribution in [3.8, 4) is 22.3 Å². The Kier molecular flexibility index (Phi) is 9.98. The number of benzene rings is 1. The van der Waals surface area contributed by atoms with Crippen LogP contribution in [0.2, 0.25) is 0 Å². The highest BCUT2D eigenvalue weighted by molar-refractivity contribution is 6.01. The van der Waals surface area contributed by atoms with Gasteiger partial charge in [-0.3, -0.25) is 4.79 Å². The van der Waals surface area contributed by atoms with Crippen LogP contribution in [0.4, 0.5) is 15.4 Å². The van der Waals surface area contributed by atoms with Gasteiger partial charge in [-0.15, -0.1) is 0 Å². The fourth-order valence-electron chi connectivity index (χ4n) is 4.49. The van der Waals surface area contributed by atoms with Crippen LogP contribution in [-0.4, -0.2) is 61.4 Å². The van der Waals surface area contributed by atoms with Crippen LogP contribution in [0, 0.1) is 0 Å². The number of ether oxygens (including phenoxy) is 3. The van der Waals surface area contributed by atoms with Gasteiger partial charge >= 0.3 is 18.2 Å². The van der Waals surface area contributed by atoms with Gasteiger partial charge in [0.15, 0.2) is 0 Å². The first kappa shape index (κ1) is 35.6. The van der Waals surface area contributed by atoms with Crippen molar-refractivity contribution in [3.63, 3.8) is 0 Å². The minimum absolute atomic E-state index is 0.289. The van der Waals surface area contributed by atoms with Gasteiger partial charge in [0.25, 0.3) is 0 Å². The van der Waals surface area contributed by atoms with Gasteiger partial charge in [-0.1, -0.05) is 12.1 Å². The van der Waals surface area contributed by atoms with E-state index in [0.717, 1.165) is 5.56 Å². The number of hydrogen-bond donors (Lipinski definition) is 2. The third kappa shape index (κ3) is 9.40. The molecule has 2 amide bonds. The Morgan fingerprint density at radius 2 is 1.31 bits per heavy atom. The molecule has 2 N–H and O–H groups in total. The van der Waals surface area contributed by atoms with E-state index < -0.39 is 46.9 Å². The third-order valence-corrected chi connectivity index (χ3v) is 6.54. The summed E-state index contributed by atoms with van der Waals surface area (Å²) in [6.07, 6.45) is 3.60. The maximum absolute atomic E-state index is 13.2. The molecule has 0 aliphatic rings. The second kappa shape index (κ2) is 13.5. The SMILES string of the molecule is CC(NC(=O)OC(C)(C)C)C(=O)Nc1ccc(-c2cnc3c(c2)c(-c2ccc(C(=O)OC(C)(C)C)cc2)cn3C(=O)OC(C)(C)C)cn1. The van der Waals surface area contributed by atoms with E-state index >= 15 is 0 Å². The summed E-state index contributed by atoms with van der Waals surface area (Å²) in [6.45, 7) is 17.5. The maximum atomic E-state index is 13.2. The van der Waals surface area contributed by atoms with Gasteiger partial charge in [0.1, 0.15) is 34.3 Å². The lowest BCUT2D eigenvalue weighted by Crippen LogP contribution is -2.44. The largest absolute Gasteiger partial charge is 0.456 e. The number of nitrogens with one attached hydrogen (secondary N) is 2.